The minimum absolute atomic E-state index is 0.0385. The Morgan fingerprint density at radius 2 is 2.25 bits per heavy atom. The quantitative estimate of drug-likeness (QED) is 0.865. The van der Waals surface area contributed by atoms with Crippen molar-refractivity contribution >= 4 is 11.7 Å². The van der Waals surface area contributed by atoms with Gasteiger partial charge in [0, 0.05) is 11.6 Å². The van der Waals surface area contributed by atoms with Gasteiger partial charge in [0.15, 0.2) is 0 Å². The number of ether oxygens (including phenoxy) is 1. The molecule has 1 amide bonds. The lowest BCUT2D eigenvalue weighted by atomic mass is 10.2. The van der Waals surface area contributed by atoms with Crippen molar-refractivity contribution in [3.05, 3.63) is 41.6 Å². The molecule has 0 saturated heterocycles. The predicted octanol–water partition coefficient (Wildman–Crippen LogP) is 1.44. The van der Waals surface area contributed by atoms with Crippen LogP contribution in [0.2, 0.25) is 0 Å². The molecule has 106 valence electrons. The summed E-state index contributed by atoms with van der Waals surface area (Å²) in [6.07, 6.45) is 0. The van der Waals surface area contributed by atoms with Gasteiger partial charge in [0.2, 0.25) is 0 Å². The fourth-order valence-electron chi connectivity index (χ4n) is 1.86. The van der Waals surface area contributed by atoms with Gasteiger partial charge in [-0.1, -0.05) is 6.07 Å². The van der Waals surface area contributed by atoms with E-state index >= 15 is 0 Å². The van der Waals surface area contributed by atoms with Gasteiger partial charge in [0.25, 0.3) is 5.91 Å². The van der Waals surface area contributed by atoms with Crippen molar-refractivity contribution in [1.29, 1.82) is 0 Å². The summed E-state index contributed by atoms with van der Waals surface area (Å²) in [7, 11) is 1.55. The molecule has 1 aromatic heterocycles. The maximum absolute atomic E-state index is 12.2. The summed E-state index contributed by atoms with van der Waals surface area (Å²) in [6, 6.07) is 8.65. The van der Waals surface area contributed by atoms with E-state index in [-0.39, 0.29) is 12.5 Å². The Bertz CT molecular complexity index is 607. The van der Waals surface area contributed by atoms with Crippen LogP contribution < -0.4 is 10.1 Å². The highest BCUT2D eigenvalue weighted by atomic mass is 16.5. The summed E-state index contributed by atoms with van der Waals surface area (Å²) < 4.78 is 6.65. The third kappa shape index (κ3) is 3.16. The third-order valence-electron chi connectivity index (χ3n) is 2.79. The molecule has 0 spiro atoms. The van der Waals surface area contributed by atoms with Crippen LogP contribution in [0.5, 0.6) is 5.75 Å². The Morgan fingerprint density at radius 3 is 2.95 bits per heavy atom. The van der Waals surface area contributed by atoms with Crippen LogP contribution >= 0.6 is 0 Å². The number of hydrogen-bond acceptors (Lipinski definition) is 4. The molecule has 2 rings (SSSR count). The number of nitrogens with one attached hydrogen (secondary N) is 1. The molecule has 0 atom stereocenters. The first-order valence-electron chi connectivity index (χ1n) is 6.24. The van der Waals surface area contributed by atoms with Gasteiger partial charge in [-0.15, -0.1) is 0 Å². The number of amides is 1. The van der Waals surface area contributed by atoms with Gasteiger partial charge in [-0.25, -0.2) is 4.68 Å². The summed E-state index contributed by atoms with van der Waals surface area (Å²) in [5.74, 6) is 0.935. The third-order valence-corrected chi connectivity index (χ3v) is 2.79. The van der Waals surface area contributed by atoms with E-state index in [0.29, 0.717) is 23.7 Å². The van der Waals surface area contributed by atoms with Gasteiger partial charge in [-0.3, -0.25) is 4.79 Å². The molecule has 0 fully saturated rings. The molecule has 0 saturated carbocycles. The number of benzene rings is 1. The van der Waals surface area contributed by atoms with Crippen LogP contribution in [0.3, 0.4) is 0 Å². The van der Waals surface area contributed by atoms with Crippen LogP contribution in [-0.2, 0) is 6.54 Å². The molecule has 0 aliphatic rings. The van der Waals surface area contributed by atoms with Crippen LogP contribution in [0.4, 0.5) is 5.82 Å². The van der Waals surface area contributed by atoms with Crippen LogP contribution in [0.15, 0.2) is 30.3 Å². The zero-order valence-corrected chi connectivity index (χ0v) is 11.5. The van der Waals surface area contributed by atoms with Gasteiger partial charge in [-0.2, -0.15) is 5.10 Å². The SMILES string of the molecule is COc1cccc(C(=O)Nc2cc(C)nn2CCO)c1. The van der Waals surface area contributed by atoms with Crippen molar-refractivity contribution in [2.75, 3.05) is 19.0 Å². The van der Waals surface area contributed by atoms with E-state index in [1.165, 1.54) is 0 Å². The summed E-state index contributed by atoms with van der Waals surface area (Å²) in [5, 5.41) is 16.0. The number of carbonyl (C=O) groups excluding carboxylic acids is 1. The Kier molecular flexibility index (Phi) is 4.37. The average molecular weight is 275 g/mol. The zero-order chi connectivity index (χ0) is 14.5. The number of aliphatic hydroxyl groups is 1. The second-order valence-corrected chi connectivity index (χ2v) is 4.30. The minimum atomic E-state index is -0.247. The topological polar surface area (TPSA) is 76.4 Å². The molecule has 0 unspecified atom stereocenters. The van der Waals surface area contributed by atoms with Crippen molar-refractivity contribution < 1.29 is 14.6 Å². The smallest absolute Gasteiger partial charge is 0.256 e. The second kappa shape index (κ2) is 6.21. The summed E-state index contributed by atoms with van der Waals surface area (Å²) in [5.41, 5.74) is 1.28. The lowest BCUT2D eigenvalue weighted by Crippen LogP contribution is -2.16. The molecule has 20 heavy (non-hydrogen) atoms. The van der Waals surface area contributed by atoms with Crippen molar-refractivity contribution in [1.82, 2.24) is 9.78 Å². The molecular formula is C14H17N3O3. The fraction of sp³-hybridized carbons (Fsp3) is 0.286. The standard InChI is InChI=1S/C14H17N3O3/c1-10-8-13(17(16-10)6-7-18)15-14(19)11-4-3-5-12(9-11)20-2/h3-5,8-9,18H,6-7H2,1-2H3,(H,15,19). The number of hydrogen-bond donors (Lipinski definition) is 2. The highest BCUT2D eigenvalue weighted by Gasteiger charge is 2.11. The number of anilines is 1. The molecule has 2 aromatic rings. The normalized spacial score (nSPS) is 10.3. The lowest BCUT2D eigenvalue weighted by Gasteiger charge is -2.08. The molecule has 6 nitrogen and oxygen atoms in total. The lowest BCUT2D eigenvalue weighted by molar-refractivity contribution is 0.102. The molecular weight excluding hydrogens is 258 g/mol. The molecule has 1 heterocycles. The Balaban J connectivity index is 2.18. The van der Waals surface area contributed by atoms with E-state index in [0.717, 1.165) is 5.69 Å². The highest BCUT2D eigenvalue weighted by molar-refractivity contribution is 6.04. The van der Waals surface area contributed by atoms with Gasteiger partial charge >= 0.3 is 0 Å². The van der Waals surface area contributed by atoms with E-state index in [9.17, 15) is 4.79 Å². The summed E-state index contributed by atoms with van der Waals surface area (Å²) in [6.45, 7) is 2.12. The zero-order valence-electron chi connectivity index (χ0n) is 11.5. The van der Waals surface area contributed by atoms with Crippen molar-refractivity contribution in [2.24, 2.45) is 0 Å². The average Bonchev–Trinajstić information content (AvgIpc) is 2.79. The molecule has 1 aromatic carbocycles. The molecule has 6 heteroatoms. The molecule has 0 aliphatic carbocycles. The van der Waals surface area contributed by atoms with Gasteiger partial charge in [0.05, 0.1) is 26.0 Å². The maximum Gasteiger partial charge on any atom is 0.256 e. The van der Waals surface area contributed by atoms with Gasteiger partial charge < -0.3 is 15.2 Å². The predicted molar refractivity (Wildman–Crippen MR) is 75.0 cm³/mol. The van der Waals surface area contributed by atoms with Crippen LogP contribution in [-0.4, -0.2) is 34.5 Å². The van der Waals surface area contributed by atoms with E-state index in [1.54, 1.807) is 42.1 Å². The first-order chi connectivity index (χ1) is 9.63. The number of aryl methyl sites for hydroxylation is 1. The first kappa shape index (κ1) is 14.1. The fourth-order valence-corrected chi connectivity index (χ4v) is 1.86. The summed E-state index contributed by atoms with van der Waals surface area (Å²) >= 11 is 0. The van der Waals surface area contributed by atoms with Crippen molar-refractivity contribution in [3.63, 3.8) is 0 Å². The van der Waals surface area contributed by atoms with Gasteiger partial charge in [-0.05, 0) is 25.1 Å². The van der Waals surface area contributed by atoms with Crippen LogP contribution in [0, 0.1) is 6.92 Å². The minimum Gasteiger partial charge on any atom is -0.497 e. The molecule has 0 radical (unpaired) electrons. The van der Waals surface area contributed by atoms with Crippen molar-refractivity contribution in [2.45, 2.75) is 13.5 Å². The number of nitrogens with zero attached hydrogens (tertiary/aromatic N) is 2. The number of methoxy groups -OCH3 is 1. The largest absolute Gasteiger partial charge is 0.497 e. The molecule has 2 N–H and O–H groups in total. The monoisotopic (exact) mass is 275 g/mol. The number of aliphatic hydroxyl groups excluding tert-OH is 1. The Labute approximate surface area is 117 Å². The number of rotatable bonds is 5. The summed E-state index contributed by atoms with van der Waals surface area (Å²) in [4.78, 5) is 12.2. The number of aromatic nitrogens is 2. The number of carbonyl (C=O) groups is 1. The Hall–Kier alpha value is -2.34. The van der Waals surface area contributed by atoms with E-state index in [1.807, 2.05) is 6.92 Å². The van der Waals surface area contributed by atoms with E-state index in [4.69, 9.17) is 9.84 Å². The molecule has 0 bridgehead atoms. The maximum atomic E-state index is 12.2. The van der Waals surface area contributed by atoms with E-state index in [2.05, 4.69) is 10.4 Å². The van der Waals surface area contributed by atoms with Gasteiger partial charge in [0.1, 0.15) is 11.6 Å². The van der Waals surface area contributed by atoms with Crippen molar-refractivity contribution in [3.8, 4) is 5.75 Å². The first-order valence-corrected chi connectivity index (χ1v) is 6.24. The van der Waals surface area contributed by atoms with Crippen LogP contribution in [0.1, 0.15) is 16.1 Å². The highest BCUT2D eigenvalue weighted by Crippen LogP contribution is 2.15. The molecule has 0 aliphatic heterocycles. The van der Waals surface area contributed by atoms with Crippen LogP contribution in [0.25, 0.3) is 0 Å². The second-order valence-electron chi connectivity index (χ2n) is 4.30. The van der Waals surface area contributed by atoms with E-state index < -0.39 is 0 Å². The Morgan fingerprint density at radius 1 is 1.45 bits per heavy atom.